The van der Waals surface area contributed by atoms with Crippen molar-refractivity contribution < 1.29 is 0 Å². The van der Waals surface area contributed by atoms with E-state index < -0.39 is 0 Å². The molecule has 1 aliphatic rings. The molecule has 0 bridgehead atoms. The third-order valence-corrected chi connectivity index (χ3v) is 4.60. The first-order valence-electron chi connectivity index (χ1n) is 6.00. The average molecular weight is 252 g/mol. The number of thioether (sulfide) groups is 1. The van der Waals surface area contributed by atoms with Crippen LogP contribution in [-0.4, -0.2) is 9.78 Å². The normalized spacial score (nSPS) is 13.4. The summed E-state index contributed by atoms with van der Waals surface area (Å²) in [6, 6.07) is 13.0. The second-order valence-corrected chi connectivity index (χ2v) is 5.61. The summed E-state index contributed by atoms with van der Waals surface area (Å²) in [6.07, 6.45) is 2.13. The molecule has 18 heavy (non-hydrogen) atoms. The second kappa shape index (κ2) is 3.62. The van der Waals surface area contributed by atoms with Gasteiger partial charge in [0.1, 0.15) is 0 Å². The van der Waals surface area contributed by atoms with Crippen LogP contribution in [0.4, 0.5) is 0 Å². The summed E-state index contributed by atoms with van der Waals surface area (Å²) in [6.45, 7) is 0. The molecule has 0 aliphatic carbocycles. The average Bonchev–Trinajstić information content (AvgIpc) is 2.79. The highest BCUT2D eigenvalue weighted by molar-refractivity contribution is 7.99. The monoisotopic (exact) mass is 252 g/mol. The van der Waals surface area contributed by atoms with Gasteiger partial charge in [-0.05, 0) is 10.8 Å². The van der Waals surface area contributed by atoms with Crippen molar-refractivity contribution in [2.45, 2.75) is 10.6 Å². The lowest BCUT2D eigenvalue weighted by Gasteiger charge is -2.16. The molecule has 2 heterocycles. The molecule has 0 saturated heterocycles. The van der Waals surface area contributed by atoms with Gasteiger partial charge in [0.15, 0.2) is 0 Å². The molecular formula is C15H12N2S. The van der Waals surface area contributed by atoms with E-state index in [1.165, 1.54) is 26.8 Å². The highest BCUT2D eigenvalue weighted by atomic mass is 32.2. The van der Waals surface area contributed by atoms with Crippen molar-refractivity contribution >= 4 is 22.5 Å². The highest BCUT2D eigenvalue weighted by Crippen LogP contribution is 2.44. The number of fused-ring (bicyclic) bond motifs is 5. The fourth-order valence-electron chi connectivity index (χ4n) is 2.60. The van der Waals surface area contributed by atoms with Crippen LogP contribution in [-0.2, 0) is 12.8 Å². The molecule has 3 aromatic rings. The first kappa shape index (κ1) is 10.2. The molecule has 0 spiro atoms. The molecule has 0 fully saturated rings. The molecule has 0 amide bonds. The number of hydrogen-bond donors (Lipinski definition) is 0. The maximum absolute atomic E-state index is 4.60. The van der Waals surface area contributed by atoms with Crippen molar-refractivity contribution in [2.75, 3.05) is 0 Å². The summed E-state index contributed by atoms with van der Waals surface area (Å²) in [4.78, 5) is 1.37. The maximum Gasteiger partial charge on any atom is 0.0975 e. The van der Waals surface area contributed by atoms with Gasteiger partial charge in [-0.3, -0.25) is 4.68 Å². The Morgan fingerprint density at radius 1 is 1.17 bits per heavy atom. The largest absolute Gasteiger partial charge is 0.275 e. The van der Waals surface area contributed by atoms with Gasteiger partial charge in [0.2, 0.25) is 0 Å². The van der Waals surface area contributed by atoms with Crippen LogP contribution in [0.2, 0.25) is 0 Å². The number of rotatable bonds is 0. The van der Waals surface area contributed by atoms with Gasteiger partial charge in [0.05, 0.1) is 5.69 Å². The van der Waals surface area contributed by atoms with Crippen molar-refractivity contribution in [3.8, 4) is 11.3 Å². The van der Waals surface area contributed by atoms with E-state index in [-0.39, 0.29) is 0 Å². The van der Waals surface area contributed by atoms with Gasteiger partial charge < -0.3 is 0 Å². The Labute approximate surface area is 110 Å². The van der Waals surface area contributed by atoms with Crippen LogP contribution in [0.15, 0.2) is 47.5 Å². The van der Waals surface area contributed by atoms with E-state index in [9.17, 15) is 0 Å². The van der Waals surface area contributed by atoms with E-state index in [1.54, 1.807) is 0 Å². The number of hydrogen-bond acceptors (Lipinski definition) is 2. The first-order chi connectivity index (χ1) is 8.83. The van der Waals surface area contributed by atoms with Gasteiger partial charge in [-0.25, -0.2) is 0 Å². The fourth-order valence-corrected chi connectivity index (χ4v) is 3.78. The van der Waals surface area contributed by atoms with Crippen LogP contribution in [0.5, 0.6) is 0 Å². The van der Waals surface area contributed by atoms with Crippen LogP contribution in [0, 0.1) is 0 Å². The third-order valence-electron chi connectivity index (χ3n) is 3.41. The van der Waals surface area contributed by atoms with E-state index in [4.69, 9.17) is 0 Å². The third kappa shape index (κ3) is 1.34. The van der Waals surface area contributed by atoms with E-state index in [2.05, 4.69) is 47.7 Å². The summed E-state index contributed by atoms with van der Waals surface area (Å²) in [5.41, 5.74) is 3.77. The SMILES string of the molecule is Cn1cc2c(n1)-c1ccc3ccccc3c1SC2. The molecule has 0 atom stereocenters. The summed E-state index contributed by atoms with van der Waals surface area (Å²) >= 11 is 1.92. The molecule has 2 nitrogen and oxygen atoms in total. The van der Waals surface area contributed by atoms with Crippen molar-refractivity contribution in [3.05, 3.63) is 48.2 Å². The minimum Gasteiger partial charge on any atom is -0.275 e. The topological polar surface area (TPSA) is 17.8 Å². The van der Waals surface area contributed by atoms with Crippen LogP contribution >= 0.6 is 11.8 Å². The van der Waals surface area contributed by atoms with Gasteiger partial charge in [0.25, 0.3) is 0 Å². The first-order valence-corrected chi connectivity index (χ1v) is 6.99. The smallest absolute Gasteiger partial charge is 0.0975 e. The Morgan fingerprint density at radius 2 is 2.06 bits per heavy atom. The van der Waals surface area contributed by atoms with E-state index in [0.29, 0.717) is 0 Å². The zero-order chi connectivity index (χ0) is 12.1. The van der Waals surface area contributed by atoms with Gasteiger partial charge in [-0.2, -0.15) is 5.10 Å². The molecule has 4 rings (SSSR count). The molecule has 3 heteroatoms. The van der Waals surface area contributed by atoms with Crippen molar-refractivity contribution in [2.24, 2.45) is 7.05 Å². The van der Waals surface area contributed by atoms with Crippen molar-refractivity contribution in [3.63, 3.8) is 0 Å². The van der Waals surface area contributed by atoms with Crippen LogP contribution in [0.25, 0.3) is 22.0 Å². The molecule has 0 radical (unpaired) electrons. The number of aryl methyl sites for hydroxylation is 1. The van der Waals surface area contributed by atoms with E-state index in [0.717, 1.165) is 11.4 Å². The molecule has 88 valence electrons. The van der Waals surface area contributed by atoms with Crippen molar-refractivity contribution in [1.82, 2.24) is 9.78 Å². The Kier molecular flexibility index (Phi) is 2.06. The molecule has 1 aliphatic heterocycles. The lowest BCUT2D eigenvalue weighted by atomic mass is 10.0. The van der Waals surface area contributed by atoms with Crippen LogP contribution in [0.1, 0.15) is 5.56 Å². The summed E-state index contributed by atoms with van der Waals surface area (Å²) in [7, 11) is 1.99. The number of nitrogens with zero attached hydrogens (tertiary/aromatic N) is 2. The second-order valence-electron chi connectivity index (χ2n) is 4.63. The molecule has 0 unspecified atom stereocenters. The van der Waals surface area contributed by atoms with Crippen molar-refractivity contribution in [1.29, 1.82) is 0 Å². The van der Waals surface area contributed by atoms with Gasteiger partial charge in [-0.15, -0.1) is 11.8 Å². The molecule has 0 N–H and O–H groups in total. The Balaban J connectivity index is 2.08. The van der Waals surface area contributed by atoms with E-state index in [1.807, 2.05) is 23.5 Å². The number of benzene rings is 2. The quantitative estimate of drug-likeness (QED) is 0.605. The zero-order valence-corrected chi connectivity index (χ0v) is 10.9. The Morgan fingerprint density at radius 3 is 3.00 bits per heavy atom. The van der Waals surface area contributed by atoms with Gasteiger partial charge in [-0.1, -0.05) is 36.4 Å². The summed E-state index contributed by atoms with van der Waals surface area (Å²) < 4.78 is 1.91. The molecule has 0 saturated carbocycles. The lowest BCUT2D eigenvalue weighted by molar-refractivity contribution is 0.770. The highest BCUT2D eigenvalue weighted by Gasteiger charge is 2.21. The molecular weight excluding hydrogens is 240 g/mol. The van der Waals surface area contributed by atoms with Crippen LogP contribution in [0.3, 0.4) is 0 Å². The molecule has 1 aromatic heterocycles. The number of aromatic nitrogens is 2. The maximum atomic E-state index is 4.60. The fraction of sp³-hybridized carbons (Fsp3) is 0.133. The minimum absolute atomic E-state index is 1.02. The Hall–Kier alpha value is -1.74. The van der Waals surface area contributed by atoms with Gasteiger partial charge in [0, 0.05) is 35.0 Å². The van der Waals surface area contributed by atoms with E-state index >= 15 is 0 Å². The lowest BCUT2D eigenvalue weighted by Crippen LogP contribution is -1.95. The standard InChI is InChI=1S/C15H12N2S/c1-17-8-11-9-18-15-12-5-3-2-4-10(12)6-7-13(15)14(11)16-17/h2-8H,9H2,1H3. The minimum atomic E-state index is 1.02. The predicted octanol–water partition coefficient (Wildman–Crippen LogP) is 3.85. The predicted molar refractivity (Wildman–Crippen MR) is 75.7 cm³/mol. The Bertz CT molecular complexity index is 758. The summed E-state index contributed by atoms with van der Waals surface area (Å²) in [5.74, 6) is 1.02. The van der Waals surface area contributed by atoms with Crippen LogP contribution < -0.4 is 0 Å². The van der Waals surface area contributed by atoms with Gasteiger partial charge >= 0.3 is 0 Å². The molecule has 2 aromatic carbocycles. The zero-order valence-electron chi connectivity index (χ0n) is 10.1. The summed E-state index contributed by atoms with van der Waals surface area (Å²) in [5, 5.41) is 7.25.